The maximum atomic E-state index is 12.9. The molecule has 0 saturated carbocycles. The Balaban J connectivity index is 2.82. The van der Waals surface area contributed by atoms with Crippen LogP contribution < -0.4 is 10.6 Å². The van der Waals surface area contributed by atoms with Crippen molar-refractivity contribution in [3.05, 3.63) is 24.3 Å². The Morgan fingerprint density at radius 3 is 1.08 bits per heavy atom. The van der Waals surface area contributed by atoms with Crippen LogP contribution in [0.5, 0.6) is 0 Å². The van der Waals surface area contributed by atoms with Crippen LogP contribution in [0.3, 0.4) is 0 Å². The summed E-state index contributed by atoms with van der Waals surface area (Å²) in [6, 6.07) is 6.99. The number of carbonyl (C=O) groups is 4. The van der Waals surface area contributed by atoms with Crippen molar-refractivity contribution in [3.8, 4) is 0 Å². The summed E-state index contributed by atoms with van der Waals surface area (Å²) in [6.07, 6.45) is 2.77. The first-order chi connectivity index (χ1) is 16.8. The number of anilines is 2. The van der Waals surface area contributed by atoms with Crippen LogP contribution in [0, 0.1) is 35.5 Å². The zero-order chi connectivity index (χ0) is 27.4. The van der Waals surface area contributed by atoms with Gasteiger partial charge in [0.25, 0.3) is 0 Å². The number of carbonyl (C=O) groups excluding carboxylic acids is 4. The molecule has 1 rings (SSSR count). The molecule has 36 heavy (non-hydrogen) atoms. The van der Waals surface area contributed by atoms with E-state index in [0.717, 1.165) is 0 Å². The standard InChI is InChI=1S/C30H48N2O4/c1-19(2)13-23(17-27(33)15-21(5)6)29(35)31-25-9-11-26(12-10-25)32-30(36)24(14-20(3)4)18-28(34)16-22(7)8/h9-12,19-24H,13-18H2,1-8H3,(H,31,35)(H,32,36)/t23-,24-/m1/s1. The van der Waals surface area contributed by atoms with Crippen LogP contribution in [0.25, 0.3) is 0 Å². The monoisotopic (exact) mass is 500 g/mol. The second kappa shape index (κ2) is 15.6. The minimum Gasteiger partial charge on any atom is -0.326 e. The fraction of sp³-hybridized carbons (Fsp3) is 0.667. The number of rotatable bonds is 16. The molecule has 0 aliphatic rings. The molecule has 2 N–H and O–H groups in total. The minimum atomic E-state index is -0.365. The van der Waals surface area contributed by atoms with Gasteiger partial charge in [0.2, 0.25) is 11.8 Å². The SMILES string of the molecule is CC(C)CC(=O)C[C@@H](CC(C)C)C(=O)Nc1ccc(NC(=O)[C@@H](CC(=O)CC(C)C)CC(C)C)cc1. The molecule has 0 unspecified atom stereocenters. The van der Waals surface area contributed by atoms with Crippen molar-refractivity contribution in [2.75, 3.05) is 10.6 Å². The molecule has 6 heteroatoms. The summed E-state index contributed by atoms with van der Waals surface area (Å²) in [7, 11) is 0. The topological polar surface area (TPSA) is 92.3 Å². The first-order valence-corrected chi connectivity index (χ1v) is 13.5. The summed E-state index contributed by atoms with van der Waals surface area (Å²) in [5, 5.41) is 5.86. The van der Waals surface area contributed by atoms with Gasteiger partial charge in [-0.15, -0.1) is 0 Å². The van der Waals surface area contributed by atoms with Crippen molar-refractivity contribution in [3.63, 3.8) is 0 Å². The molecule has 6 nitrogen and oxygen atoms in total. The first-order valence-electron chi connectivity index (χ1n) is 13.5. The summed E-state index contributed by atoms with van der Waals surface area (Å²) < 4.78 is 0. The van der Waals surface area contributed by atoms with E-state index in [-0.39, 0.29) is 59.9 Å². The van der Waals surface area contributed by atoms with E-state index in [1.165, 1.54) is 0 Å². The Morgan fingerprint density at radius 1 is 0.528 bits per heavy atom. The fourth-order valence-corrected chi connectivity index (χ4v) is 4.46. The number of hydrogen-bond acceptors (Lipinski definition) is 4. The maximum absolute atomic E-state index is 12.9. The van der Waals surface area contributed by atoms with Gasteiger partial charge in [0.05, 0.1) is 0 Å². The predicted octanol–water partition coefficient (Wildman–Crippen LogP) is 6.90. The van der Waals surface area contributed by atoms with Gasteiger partial charge in [-0.2, -0.15) is 0 Å². The van der Waals surface area contributed by atoms with E-state index in [2.05, 4.69) is 10.6 Å². The van der Waals surface area contributed by atoms with Crippen molar-refractivity contribution in [1.29, 1.82) is 0 Å². The Morgan fingerprint density at radius 2 is 0.833 bits per heavy atom. The highest BCUT2D eigenvalue weighted by atomic mass is 16.2. The van der Waals surface area contributed by atoms with Crippen molar-refractivity contribution < 1.29 is 19.2 Å². The number of ketones is 2. The third kappa shape index (κ3) is 13.0. The molecular weight excluding hydrogens is 452 g/mol. The Hall–Kier alpha value is -2.50. The second-order valence-electron chi connectivity index (χ2n) is 11.9. The van der Waals surface area contributed by atoms with Gasteiger partial charge in [0.15, 0.2) is 0 Å². The number of Topliss-reactive ketones (excluding diaryl/α,β-unsaturated/α-hetero) is 2. The highest BCUT2D eigenvalue weighted by molar-refractivity contribution is 5.97. The van der Waals surface area contributed by atoms with Gasteiger partial charge in [0, 0.05) is 48.9 Å². The quantitative estimate of drug-likeness (QED) is 0.258. The molecule has 0 fully saturated rings. The predicted molar refractivity (Wildman–Crippen MR) is 148 cm³/mol. The molecular formula is C30H48N2O4. The lowest BCUT2D eigenvalue weighted by molar-refractivity contribution is -0.127. The van der Waals surface area contributed by atoms with Crippen molar-refractivity contribution in [2.24, 2.45) is 35.5 Å². The van der Waals surface area contributed by atoms with E-state index in [1.54, 1.807) is 24.3 Å². The fourth-order valence-electron chi connectivity index (χ4n) is 4.46. The van der Waals surface area contributed by atoms with Gasteiger partial charge >= 0.3 is 0 Å². The number of benzene rings is 1. The van der Waals surface area contributed by atoms with Gasteiger partial charge < -0.3 is 10.6 Å². The van der Waals surface area contributed by atoms with E-state index >= 15 is 0 Å². The molecule has 0 aliphatic carbocycles. The average molecular weight is 501 g/mol. The third-order valence-electron chi connectivity index (χ3n) is 5.89. The van der Waals surface area contributed by atoms with Crippen molar-refractivity contribution >= 4 is 34.8 Å². The third-order valence-corrected chi connectivity index (χ3v) is 5.89. The average Bonchev–Trinajstić information content (AvgIpc) is 2.72. The lowest BCUT2D eigenvalue weighted by atomic mass is 9.89. The van der Waals surface area contributed by atoms with Gasteiger partial charge in [-0.3, -0.25) is 19.2 Å². The van der Waals surface area contributed by atoms with E-state index in [4.69, 9.17) is 0 Å². The molecule has 0 aromatic heterocycles. The van der Waals surface area contributed by atoms with Crippen molar-refractivity contribution in [2.45, 2.75) is 93.9 Å². The van der Waals surface area contributed by atoms with Gasteiger partial charge in [0.1, 0.15) is 11.6 Å². The summed E-state index contributed by atoms with van der Waals surface area (Å²) in [5.41, 5.74) is 1.24. The normalized spacial score (nSPS) is 13.2. The van der Waals surface area contributed by atoms with E-state index in [0.29, 0.717) is 48.9 Å². The van der Waals surface area contributed by atoms with Gasteiger partial charge in [-0.05, 0) is 60.8 Å². The van der Waals surface area contributed by atoms with Crippen LogP contribution in [0.15, 0.2) is 24.3 Å². The summed E-state index contributed by atoms with van der Waals surface area (Å²) in [5.74, 6) is 0.349. The van der Waals surface area contributed by atoms with Crippen LogP contribution >= 0.6 is 0 Å². The highest BCUT2D eigenvalue weighted by Crippen LogP contribution is 2.23. The van der Waals surface area contributed by atoms with Gasteiger partial charge in [-0.1, -0.05) is 55.4 Å². The van der Waals surface area contributed by atoms with Crippen LogP contribution in [-0.2, 0) is 19.2 Å². The molecule has 202 valence electrons. The molecule has 0 bridgehead atoms. The molecule has 1 aromatic rings. The molecule has 0 saturated heterocycles. The van der Waals surface area contributed by atoms with Crippen LogP contribution in [-0.4, -0.2) is 23.4 Å². The minimum absolute atomic E-state index is 0.117. The van der Waals surface area contributed by atoms with E-state index in [9.17, 15) is 19.2 Å². The molecule has 0 heterocycles. The molecule has 0 radical (unpaired) electrons. The number of nitrogens with one attached hydrogen (secondary N) is 2. The van der Waals surface area contributed by atoms with Crippen molar-refractivity contribution in [1.82, 2.24) is 0 Å². The molecule has 1 aromatic carbocycles. The van der Waals surface area contributed by atoms with Gasteiger partial charge in [-0.25, -0.2) is 0 Å². The summed E-state index contributed by atoms with van der Waals surface area (Å²) in [4.78, 5) is 50.6. The molecule has 2 atom stereocenters. The molecule has 0 aliphatic heterocycles. The second-order valence-corrected chi connectivity index (χ2v) is 11.9. The summed E-state index contributed by atoms with van der Waals surface area (Å²) >= 11 is 0. The van der Waals surface area contributed by atoms with Crippen LogP contribution in [0.1, 0.15) is 93.9 Å². The lowest BCUT2D eigenvalue weighted by Gasteiger charge is -2.20. The molecule has 0 spiro atoms. The summed E-state index contributed by atoms with van der Waals surface area (Å²) in [6.45, 7) is 16.2. The zero-order valence-electron chi connectivity index (χ0n) is 23.6. The van der Waals surface area contributed by atoms with E-state index in [1.807, 2.05) is 55.4 Å². The van der Waals surface area contributed by atoms with Crippen LogP contribution in [0.2, 0.25) is 0 Å². The lowest BCUT2D eigenvalue weighted by Crippen LogP contribution is -2.27. The number of hydrogen-bond donors (Lipinski definition) is 2. The smallest absolute Gasteiger partial charge is 0.227 e. The zero-order valence-corrected chi connectivity index (χ0v) is 23.6. The maximum Gasteiger partial charge on any atom is 0.227 e. The molecule has 2 amide bonds. The number of amides is 2. The van der Waals surface area contributed by atoms with E-state index < -0.39 is 0 Å². The largest absolute Gasteiger partial charge is 0.326 e. The Kier molecular flexibility index (Phi) is 13.6. The Labute approximate surface area is 218 Å². The van der Waals surface area contributed by atoms with Crippen LogP contribution in [0.4, 0.5) is 11.4 Å². The Bertz CT molecular complexity index is 785. The first kappa shape index (κ1) is 31.5. The highest BCUT2D eigenvalue weighted by Gasteiger charge is 2.25.